The van der Waals surface area contributed by atoms with Gasteiger partial charge in [0.25, 0.3) is 5.56 Å². The van der Waals surface area contributed by atoms with Crippen LogP contribution in [-0.4, -0.2) is 23.9 Å². The van der Waals surface area contributed by atoms with Crippen LogP contribution >= 0.6 is 27.3 Å². The number of aryl methyl sites for hydroxylation is 1. The topological polar surface area (TPSA) is 73.1 Å². The van der Waals surface area contributed by atoms with E-state index in [-0.39, 0.29) is 28.8 Å². The van der Waals surface area contributed by atoms with Crippen LogP contribution in [0, 0.1) is 0 Å². The van der Waals surface area contributed by atoms with Gasteiger partial charge >= 0.3 is 0 Å². The number of nitrogens with zero attached hydrogens (tertiary/aromatic N) is 2. The smallest absolute Gasteiger partial charge is 0.271 e. The van der Waals surface area contributed by atoms with Crippen LogP contribution in [0.2, 0.25) is 0 Å². The maximum Gasteiger partial charge on any atom is 0.271 e. The van der Waals surface area contributed by atoms with Gasteiger partial charge < -0.3 is 14.6 Å². The summed E-state index contributed by atoms with van der Waals surface area (Å²) in [5.41, 5.74) is 6.17. The lowest BCUT2D eigenvalue weighted by atomic mass is 9.83. The first kappa shape index (κ1) is 23.8. The van der Waals surface area contributed by atoms with E-state index in [1.54, 1.807) is 18.2 Å². The summed E-state index contributed by atoms with van der Waals surface area (Å²) in [4.78, 5) is 19.6. The summed E-state index contributed by atoms with van der Waals surface area (Å²) in [6, 6.07) is 19.7. The number of hydrogen-bond acceptors (Lipinski definition) is 6. The lowest BCUT2D eigenvalue weighted by molar-refractivity contribution is 0.340. The van der Waals surface area contributed by atoms with Gasteiger partial charge in [0.05, 0.1) is 30.5 Å². The van der Waals surface area contributed by atoms with E-state index in [2.05, 4.69) is 46.3 Å². The molecule has 0 saturated carbocycles. The molecule has 6 nitrogen and oxygen atoms in total. The molecule has 0 radical (unpaired) electrons. The Morgan fingerprint density at radius 1 is 1.05 bits per heavy atom. The number of aromatic hydroxyl groups is 1. The molecular weight excluding hydrogens is 552 g/mol. The van der Waals surface area contributed by atoms with Gasteiger partial charge in [-0.2, -0.15) is 0 Å². The average Bonchev–Trinajstić information content (AvgIpc) is 3.23. The van der Waals surface area contributed by atoms with Crippen LogP contribution < -0.4 is 24.4 Å². The Balaban J connectivity index is 1.60. The third-order valence-corrected chi connectivity index (χ3v) is 8.37. The average molecular weight is 575 g/mol. The second kappa shape index (κ2) is 9.36. The highest BCUT2D eigenvalue weighted by Crippen LogP contribution is 2.41. The molecule has 0 unspecified atom stereocenters. The van der Waals surface area contributed by atoms with Gasteiger partial charge in [-0.25, -0.2) is 4.99 Å². The number of hydrogen-bond donors (Lipinski definition) is 1. The number of allylic oxidation sites excluding steroid dienone is 1. The van der Waals surface area contributed by atoms with Gasteiger partial charge in [-0.15, -0.1) is 0 Å². The van der Waals surface area contributed by atoms with E-state index in [9.17, 15) is 9.90 Å². The standard InChI is InChI=1S/C29H23BrN2O4S/c1-35-22-13-16(14-23(36-2)27(22)33)15-24-28(34)32-26(18-7-10-19(30)11-8-18)21-12-9-17-5-3-4-6-20(17)25(21)31-29(32)37-24/h3-8,10-11,13-15,26,33H,9,12H2,1-2H3/b24-15-/t26-/m0/s1. The summed E-state index contributed by atoms with van der Waals surface area (Å²) in [6.07, 6.45) is 3.55. The van der Waals surface area contributed by atoms with E-state index in [0.29, 0.717) is 14.9 Å². The molecule has 0 saturated heterocycles. The number of benzene rings is 3. The van der Waals surface area contributed by atoms with Gasteiger partial charge in [-0.3, -0.25) is 9.36 Å². The number of rotatable bonds is 4. The van der Waals surface area contributed by atoms with Crippen molar-refractivity contribution in [3.05, 3.63) is 113 Å². The highest BCUT2D eigenvalue weighted by Gasteiger charge is 2.32. The fourth-order valence-electron chi connectivity index (χ4n) is 5.12. The van der Waals surface area contributed by atoms with Crippen LogP contribution in [0.5, 0.6) is 17.2 Å². The first-order valence-corrected chi connectivity index (χ1v) is 13.4. The molecule has 2 heterocycles. The zero-order valence-electron chi connectivity index (χ0n) is 20.2. The van der Waals surface area contributed by atoms with Gasteiger partial charge in [0, 0.05) is 10.0 Å². The zero-order chi connectivity index (χ0) is 25.7. The van der Waals surface area contributed by atoms with Crippen molar-refractivity contribution in [2.75, 3.05) is 14.2 Å². The number of fused-ring (bicyclic) bond motifs is 3. The number of ether oxygens (including phenoxy) is 2. The van der Waals surface area contributed by atoms with Crippen molar-refractivity contribution in [2.45, 2.75) is 18.9 Å². The van der Waals surface area contributed by atoms with Crippen molar-refractivity contribution in [3.63, 3.8) is 0 Å². The largest absolute Gasteiger partial charge is 0.502 e. The Kier molecular flexibility index (Phi) is 6.01. The zero-order valence-corrected chi connectivity index (χ0v) is 22.6. The Morgan fingerprint density at radius 3 is 2.46 bits per heavy atom. The van der Waals surface area contributed by atoms with Crippen LogP contribution in [0.1, 0.15) is 34.7 Å². The molecule has 1 aliphatic heterocycles. The maximum atomic E-state index is 13.9. The van der Waals surface area contributed by atoms with Crippen molar-refractivity contribution >= 4 is 39.0 Å². The molecule has 0 fully saturated rings. The molecule has 4 aromatic rings. The summed E-state index contributed by atoms with van der Waals surface area (Å²) in [5.74, 6) is 0.474. The van der Waals surface area contributed by atoms with Crippen molar-refractivity contribution in [1.82, 2.24) is 4.57 Å². The van der Waals surface area contributed by atoms with Crippen LogP contribution in [0.3, 0.4) is 0 Å². The minimum absolute atomic E-state index is 0.0785. The molecule has 0 amide bonds. The molecule has 1 aliphatic carbocycles. The Morgan fingerprint density at radius 2 is 1.76 bits per heavy atom. The van der Waals surface area contributed by atoms with Crippen molar-refractivity contribution in [3.8, 4) is 17.2 Å². The number of phenols is 1. The molecule has 0 spiro atoms. The molecule has 6 rings (SSSR count). The molecule has 2 aliphatic rings. The van der Waals surface area contributed by atoms with Gasteiger partial charge in [-0.1, -0.05) is 63.7 Å². The molecule has 186 valence electrons. The van der Waals surface area contributed by atoms with E-state index in [1.807, 2.05) is 22.8 Å². The molecule has 3 aromatic carbocycles. The second-order valence-electron chi connectivity index (χ2n) is 8.94. The van der Waals surface area contributed by atoms with Gasteiger partial charge in [0.1, 0.15) is 0 Å². The quantitative estimate of drug-likeness (QED) is 0.380. The molecule has 37 heavy (non-hydrogen) atoms. The highest BCUT2D eigenvalue weighted by atomic mass is 79.9. The first-order valence-electron chi connectivity index (χ1n) is 11.8. The van der Waals surface area contributed by atoms with E-state index in [4.69, 9.17) is 14.5 Å². The van der Waals surface area contributed by atoms with E-state index in [1.165, 1.54) is 31.1 Å². The molecule has 0 bridgehead atoms. The predicted octanol–water partition coefficient (Wildman–Crippen LogP) is 4.80. The van der Waals surface area contributed by atoms with E-state index < -0.39 is 0 Å². The van der Waals surface area contributed by atoms with Crippen LogP contribution in [0.4, 0.5) is 0 Å². The third kappa shape index (κ3) is 4.01. The minimum atomic E-state index is -0.237. The van der Waals surface area contributed by atoms with Crippen molar-refractivity contribution < 1.29 is 14.6 Å². The molecule has 1 aromatic heterocycles. The number of halogens is 1. The molecule has 8 heteroatoms. The SMILES string of the molecule is COc1cc(/C=c2\sc3n(c2=O)[C@@H](c2ccc(Br)cc2)C2=C(N=3)c3ccccc3CC2)cc(OC)c1O. The van der Waals surface area contributed by atoms with Gasteiger partial charge in [-0.05, 0) is 65.4 Å². The number of phenolic OH excluding ortho intramolecular Hbond substituents is 1. The lowest BCUT2D eigenvalue weighted by Crippen LogP contribution is -2.38. The van der Waals surface area contributed by atoms with Crippen LogP contribution in [0.25, 0.3) is 11.8 Å². The molecular formula is C29H23BrN2O4S. The normalized spacial score (nSPS) is 16.5. The summed E-state index contributed by atoms with van der Waals surface area (Å²) in [5, 5.41) is 10.3. The highest BCUT2D eigenvalue weighted by molar-refractivity contribution is 9.10. The summed E-state index contributed by atoms with van der Waals surface area (Å²) in [7, 11) is 2.96. The molecule has 1 N–H and O–H groups in total. The van der Waals surface area contributed by atoms with Crippen molar-refractivity contribution in [2.24, 2.45) is 4.99 Å². The predicted molar refractivity (Wildman–Crippen MR) is 148 cm³/mol. The Labute approximate surface area is 225 Å². The number of methoxy groups -OCH3 is 2. The van der Waals surface area contributed by atoms with Crippen LogP contribution in [-0.2, 0) is 6.42 Å². The van der Waals surface area contributed by atoms with E-state index >= 15 is 0 Å². The van der Waals surface area contributed by atoms with Crippen LogP contribution in [0.15, 0.2) is 80.5 Å². The number of aromatic nitrogens is 1. The summed E-state index contributed by atoms with van der Waals surface area (Å²) in [6.45, 7) is 0. The lowest BCUT2D eigenvalue weighted by Gasteiger charge is -2.30. The Hall–Kier alpha value is -3.62. The van der Waals surface area contributed by atoms with Crippen molar-refractivity contribution in [1.29, 1.82) is 0 Å². The first-order chi connectivity index (χ1) is 18.0. The second-order valence-corrected chi connectivity index (χ2v) is 10.9. The third-order valence-electron chi connectivity index (χ3n) is 6.86. The van der Waals surface area contributed by atoms with Gasteiger partial charge in [0.2, 0.25) is 5.75 Å². The number of thiazole rings is 1. The minimum Gasteiger partial charge on any atom is -0.502 e. The maximum absolute atomic E-state index is 13.9. The van der Waals surface area contributed by atoms with E-state index in [0.717, 1.165) is 39.7 Å². The molecule has 1 atom stereocenters. The fourth-order valence-corrected chi connectivity index (χ4v) is 6.38. The Bertz CT molecular complexity index is 1730. The van der Waals surface area contributed by atoms with Gasteiger partial charge in [0.15, 0.2) is 16.3 Å². The summed E-state index contributed by atoms with van der Waals surface area (Å²) >= 11 is 4.90. The fraction of sp³-hybridized carbons (Fsp3) is 0.172. The summed E-state index contributed by atoms with van der Waals surface area (Å²) < 4.78 is 14.0. The monoisotopic (exact) mass is 574 g/mol.